The summed E-state index contributed by atoms with van der Waals surface area (Å²) in [6.45, 7) is 0. The molecule has 0 bridgehead atoms. The molecule has 18 heavy (non-hydrogen) atoms. The third-order valence-corrected chi connectivity index (χ3v) is 2.91. The Labute approximate surface area is 109 Å². The molecular formula is C13H10F2N2S. The highest BCUT2D eigenvalue weighted by atomic mass is 32.1. The van der Waals surface area contributed by atoms with E-state index in [-0.39, 0.29) is 0 Å². The van der Waals surface area contributed by atoms with Gasteiger partial charge >= 0.3 is 0 Å². The predicted molar refractivity (Wildman–Crippen MR) is 70.7 cm³/mol. The van der Waals surface area contributed by atoms with Crippen LogP contribution < -0.4 is 4.90 Å². The number of aromatic nitrogens is 1. The second-order valence-corrected chi connectivity index (χ2v) is 4.09. The fourth-order valence-corrected chi connectivity index (χ4v) is 1.74. The van der Waals surface area contributed by atoms with Crippen molar-refractivity contribution in [1.29, 1.82) is 0 Å². The van der Waals surface area contributed by atoms with E-state index in [4.69, 9.17) is 12.2 Å². The number of thiocarbonyl (C=S) groups is 1. The van der Waals surface area contributed by atoms with Crippen LogP contribution in [0.5, 0.6) is 0 Å². The summed E-state index contributed by atoms with van der Waals surface area (Å²) in [5.41, 5.74) is 0.933. The summed E-state index contributed by atoms with van der Waals surface area (Å²) in [5, 5.41) is 0. The summed E-state index contributed by atoms with van der Waals surface area (Å²) in [6, 6.07) is 8.58. The Morgan fingerprint density at radius 2 is 1.83 bits per heavy atom. The molecule has 0 amide bonds. The van der Waals surface area contributed by atoms with E-state index < -0.39 is 11.6 Å². The van der Waals surface area contributed by atoms with Crippen LogP contribution in [-0.4, -0.2) is 17.0 Å². The molecule has 92 valence electrons. The normalized spacial score (nSPS) is 10.2. The Morgan fingerprint density at radius 3 is 2.39 bits per heavy atom. The molecule has 1 aromatic heterocycles. The molecule has 0 atom stereocenters. The smallest absolute Gasteiger partial charge is 0.132 e. The van der Waals surface area contributed by atoms with Crippen LogP contribution in [-0.2, 0) is 0 Å². The van der Waals surface area contributed by atoms with Crippen LogP contribution >= 0.6 is 12.2 Å². The maximum Gasteiger partial charge on any atom is 0.132 e. The molecule has 0 fully saturated rings. The van der Waals surface area contributed by atoms with Gasteiger partial charge in [-0.05, 0) is 24.3 Å². The summed E-state index contributed by atoms with van der Waals surface area (Å²) >= 11 is 5.23. The maximum atomic E-state index is 13.1. The lowest BCUT2D eigenvalue weighted by molar-refractivity contribution is 0.583. The van der Waals surface area contributed by atoms with Crippen molar-refractivity contribution in [2.45, 2.75) is 0 Å². The summed E-state index contributed by atoms with van der Waals surface area (Å²) in [6.07, 6.45) is 1.61. The highest BCUT2D eigenvalue weighted by molar-refractivity contribution is 7.81. The van der Waals surface area contributed by atoms with Crippen LogP contribution in [0.15, 0.2) is 42.6 Å². The van der Waals surface area contributed by atoms with Crippen molar-refractivity contribution < 1.29 is 8.78 Å². The van der Waals surface area contributed by atoms with Gasteiger partial charge in [0.15, 0.2) is 0 Å². The number of benzene rings is 1. The van der Waals surface area contributed by atoms with Crippen LogP contribution in [0, 0.1) is 11.6 Å². The SMILES string of the molecule is CN(C(=S)c1ccccn1)c1cc(F)cc(F)c1. The maximum absolute atomic E-state index is 13.1. The van der Waals surface area contributed by atoms with Crippen molar-refractivity contribution in [3.8, 4) is 0 Å². The molecule has 0 aliphatic heterocycles. The molecule has 1 aromatic carbocycles. The highest BCUT2D eigenvalue weighted by Gasteiger charge is 2.12. The van der Waals surface area contributed by atoms with Gasteiger partial charge in [0, 0.05) is 25.0 Å². The average molecular weight is 264 g/mol. The van der Waals surface area contributed by atoms with Crippen LogP contribution in [0.25, 0.3) is 0 Å². The molecule has 5 heteroatoms. The Balaban J connectivity index is 2.31. The fourth-order valence-electron chi connectivity index (χ4n) is 1.51. The van der Waals surface area contributed by atoms with Crippen molar-refractivity contribution in [1.82, 2.24) is 4.98 Å². The Bertz CT molecular complexity index is 552. The van der Waals surface area contributed by atoms with E-state index >= 15 is 0 Å². The molecular weight excluding hydrogens is 254 g/mol. The van der Waals surface area contributed by atoms with Crippen molar-refractivity contribution >= 4 is 22.9 Å². The number of rotatable bonds is 2. The van der Waals surface area contributed by atoms with Gasteiger partial charge < -0.3 is 4.90 Å². The second-order valence-electron chi connectivity index (χ2n) is 3.71. The minimum absolute atomic E-state index is 0.350. The first-order valence-electron chi connectivity index (χ1n) is 5.23. The van der Waals surface area contributed by atoms with Crippen LogP contribution in [0.2, 0.25) is 0 Å². The second kappa shape index (κ2) is 5.18. The first-order chi connectivity index (χ1) is 8.58. The Morgan fingerprint density at radius 1 is 1.17 bits per heavy atom. The Kier molecular flexibility index (Phi) is 3.62. The van der Waals surface area contributed by atoms with Gasteiger partial charge in [0.05, 0.1) is 5.69 Å². The number of anilines is 1. The average Bonchev–Trinajstić information content (AvgIpc) is 2.37. The van der Waals surface area contributed by atoms with Gasteiger partial charge in [-0.25, -0.2) is 8.78 Å². The highest BCUT2D eigenvalue weighted by Crippen LogP contribution is 2.18. The molecule has 0 aliphatic rings. The standard InChI is InChI=1S/C13H10F2N2S/c1-17(11-7-9(14)6-10(15)8-11)13(18)12-4-2-3-5-16-12/h2-8H,1H3. The van der Waals surface area contributed by atoms with E-state index in [9.17, 15) is 8.78 Å². The van der Waals surface area contributed by atoms with Crippen molar-refractivity contribution in [3.63, 3.8) is 0 Å². The van der Waals surface area contributed by atoms with Gasteiger partial charge in [-0.15, -0.1) is 0 Å². The molecule has 1 heterocycles. The lowest BCUT2D eigenvalue weighted by Crippen LogP contribution is -2.26. The van der Waals surface area contributed by atoms with E-state index in [0.717, 1.165) is 6.07 Å². The topological polar surface area (TPSA) is 16.1 Å². The number of hydrogen-bond acceptors (Lipinski definition) is 2. The molecule has 0 unspecified atom stereocenters. The van der Waals surface area contributed by atoms with Crippen LogP contribution in [0.1, 0.15) is 5.69 Å². The quantitative estimate of drug-likeness (QED) is 0.775. The van der Waals surface area contributed by atoms with Crippen LogP contribution in [0.4, 0.5) is 14.5 Å². The zero-order valence-electron chi connectivity index (χ0n) is 9.60. The van der Waals surface area contributed by atoms with Gasteiger partial charge in [-0.2, -0.15) is 0 Å². The van der Waals surface area contributed by atoms with E-state index in [0.29, 0.717) is 16.4 Å². The summed E-state index contributed by atoms with van der Waals surface area (Å²) in [4.78, 5) is 6.02. The Hall–Kier alpha value is -1.88. The number of hydrogen-bond donors (Lipinski definition) is 0. The monoisotopic (exact) mass is 264 g/mol. The van der Waals surface area contributed by atoms with E-state index in [2.05, 4.69) is 4.98 Å². The third-order valence-electron chi connectivity index (χ3n) is 2.42. The van der Waals surface area contributed by atoms with Crippen molar-refractivity contribution in [3.05, 3.63) is 59.9 Å². The van der Waals surface area contributed by atoms with Gasteiger partial charge in [-0.3, -0.25) is 4.98 Å². The van der Waals surface area contributed by atoms with Gasteiger partial charge in [-0.1, -0.05) is 18.3 Å². The first kappa shape index (κ1) is 12.6. The molecule has 0 saturated heterocycles. The zero-order chi connectivity index (χ0) is 13.1. The molecule has 2 aromatic rings. The van der Waals surface area contributed by atoms with E-state index in [1.54, 1.807) is 31.4 Å². The largest absolute Gasteiger partial charge is 0.334 e. The molecule has 2 rings (SSSR count). The third kappa shape index (κ3) is 2.68. The number of halogens is 2. The first-order valence-corrected chi connectivity index (χ1v) is 5.64. The summed E-state index contributed by atoms with van der Waals surface area (Å²) < 4.78 is 26.3. The molecule has 0 spiro atoms. The van der Waals surface area contributed by atoms with E-state index in [1.807, 2.05) is 0 Å². The predicted octanol–water partition coefficient (Wildman–Crippen LogP) is 3.17. The summed E-state index contributed by atoms with van der Waals surface area (Å²) in [5.74, 6) is -1.28. The van der Waals surface area contributed by atoms with Gasteiger partial charge in [0.25, 0.3) is 0 Å². The minimum Gasteiger partial charge on any atom is -0.334 e. The van der Waals surface area contributed by atoms with Crippen molar-refractivity contribution in [2.24, 2.45) is 0 Å². The number of nitrogens with zero attached hydrogens (tertiary/aromatic N) is 2. The van der Waals surface area contributed by atoms with Crippen molar-refractivity contribution in [2.75, 3.05) is 11.9 Å². The van der Waals surface area contributed by atoms with E-state index in [1.165, 1.54) is 17.0 Å². The molecule has 0 aliphatic carbocycles. The number of pyridine rings is 1. The molecule has 0 N–H and O–H groups in total. The lowest BCUT2D eigenvalue weighted by atomic mass is 10.2. The molecule has 0 radical (unpaired) electrons. The molecule has 2 nitrogen and oxygen atoms in total. The van der Waals surface area contributed by atoms with Crippen LogP contribution in [0.3, 0.4) is 0 Å². The molecule has 0 saturated carbocycles. The lowest BCUT2D eigenvalue weighted by Gasteiger charge is -2.19. The fraction of sp³-hybridized carbons (Fsp3) is 0.0769. The zero-order valence-corrected chi connectivity index (χ0v) is 10.4. The summed E-state index contributed by atoms with van der Waals surface area (Å²) in [7, 11) is 1.64. The van der Waals surface area contributed by atoms with Gasteiger partial charge in [0.2, 0.25) is 0 Å². The minimum atomic E-state index is -0.638. The van der Waals surface area contributed by atoms with Gasteiger partial charge in [0.1, 0.15) is 16.6 Å².